The molecule has 1 fully saturated rings. The molecular formula is C13H16ClCsFNO. The molecule has 0 spiro atoms. The summed E-state index contributed by atoms with van der Waals surface area (Å²) in [6.07, 6.45) is 2.52. The van der Waals surface area contributed by atoms with Crippen LogP contribution in [0.2, 0.25) is 5.02 Å². The van der Waals surface area contributed by atoms with Gasteiger partial charge < -0.3 is 12.7 Å². The number of ketones is 1. The smallest absolute Gasteiger partial charge is 0.358 e. The molecule has 1 aromatic carbocycles. The molecule has 5 heteroatoms. The second kappa shape index (κ2) is 9.13. The van der Waals surface area contributed by atoms with Crippen molar-refractivity contribution in [3.8, 4) is 0 Å². The zero-order valence-corrected chi connectivity index (χ0v) is 17.8. The molecule has 1 atom stereocenters. The molecule has 18 heavy (non-hydrogen) atoms. The van der Waals surface area contributed by atoms with E-state index in [9.17, 15) is 9.18 Å². The predicted octanol–water partition coefficient (Wildman–Crippen LogP) is 0.258. The number of hydrogen-bond acceptors (Lipinski definition) is 2. The largest absolute Gasteiger partial charge is 1.00 e. The Bertz CT molecular complexity index is 388. The molecule has 0 aliphatic carbocycles. The average Bonchev–Trinajstić information content (AvgIpc) is 2.68. The van der Waals surface area contributed by atoms with Crippen molar-refractivity contribution < 1.29 is 78.1 Å². The Morgan fingerprint density at radius 3 is 2.72 bits per heavy atom. The standard InChI is InChI=1S/C12H13ClFNO.CH3.Cs/c13-9-4-8(5-10(14)6-9)12(16)7-11-2-1-3-15-11;;/h4-6,11,15H,1-3,7H2;1H3;/q;-1;+1. The van der Waals surface area contributed by atoms with Gasteiger partial charge in [-0.15, -0.1) is 0 Å². The number of carbonyl (C=O) groups excluding carboxylic acids is 1. The van der Waals surface area contributed by atoms with Gasteiger partial charge in [0.1, 0.15) is 5.82 Å². The summed E-state index contributed by atoms with van der Waals surface area (Å²) in [5.74, 6) is -0.518. The third kappa shape index (κ3) is 5.63. The first-order valence-corrected chi connectivity index (χ1v) is 5.75. The maximum absolute atomic E-state index is 13.0. The molecule has 2 rings (SSSR count). The second-order valence-electron chi connectivity index (χ2n) is 4.08. The van der Waals surface area contributed by atoms with Crippen LogP contribution < -0.4 is 74.2 Å². The van der Waals surface area contributed by atoms with E-state index in [4.69, 9.17) is 11.6 Å². The van der Waals surface area contributed by atoms with Crippen molar-refractivity contribution in [3.63, 3.8) is 0 Å². The number of hydrogen-bond donors (Lipinski definition) is 1. The van der Waals surface area contributed by atoms with Gasteiger partial charge in [-0.2, -0.15) is 0 Å². The van der Waals surface area contributed by atoms with Gasteiger partial charge in [0.05, 0.1) is 0 Å². The molecule has 0 saturated carbocycles. The van der Waals surface area contributed by atoms with Crippen LogP contribution in [0, 0.1) is 13.2 Å². The number of nitrogens with one attached hydrogen (secondary N) is 1. The van der Waals surface area contributed by atoms with Crippen LogP contribution in [-0.2, 0) is 0 Å². The van der Waals surface area contributed by atoms with E-state index in [0.717, 1.165) is 19.4 Å². The summed E-state index contributed by atoms with van der Waals surface area (Å²) in [5, 5.41) is 3.51. The SMILES string of the molecule is O=C(CC1CCCN1)c1cc(F)cc(Cl)c1.[CH3-].[Cs+]. The Morgan fingerprint density at radius 2 is 2.17 bits per heavy atom. The van der Waals surface area contributed by atoms with Gasteiger partial charge in [0.25, 0.3) is 0 Å². The number of carbonyl (C=O) groups is 1. The average molecular weight is 390 g/mol. The van der Waals surface area contributed by atoms with Crippen molar-refractivity contribution in [1.82, 2.24) is 5.32 Å². The van der Waals surface area contributed by atoms with Crippen molar-refractivity contribution in [1.29, 1.82) is 0 Å². The normalized spacial score (nSPS) is 17.8. The molecule has 0 aromatic heterocycles. The number of rotatable bonds is 3. The van der Waals surface area contributed by atoms with Gasteiger partial charge in [0.15, 0.2) is 5.78 Å². The van der Waals surface area contributed by atoms with E-state index in [2.05, 4.69) is 5.32 Å². The van der Waals surface area contributed by atoms with E-state index in [-0.39, 0.29) is 93.2 Å². The van der Waals surface area contributed by atoms with Crippen molar-refractivity contribution in [2.75, 3.05) is 6.54 Å². The minimum atomic E-state index is -0.463. The van der Waals surface area contributed by atoms with Gasteiger partial charge in [-0.05, 0) is 37.6 Å². The Morgan fingerprint density at radius 1 is 1.44 bits per heavy atom. The summed E-state index contributed by atoms with van der Waals surface area (Å²) in [5.41, 5.74) is 0.360. The molecule has 0 bridgehead atoms. The van der Waals surface area contributed by atoms with Crippen molar-refractivity contribution >= 4 is 17.4 Å². The Hall–Kier alpha value is 1.12. The van der Waals surface area contributed by atoms with Gasteiger partial charge in [0.2, 0.25) is 0 Å². The monoisotopic (exact) mass is 389 g/mol. The summed E-state index contributed by atoms with van der Waals surface area (Å²) in [6.45, 7) is 0.960. The molecule has 1 aliphatic heterocycles. The van der Waals surface area contributed by atoms with Gasteiger partial charge in [0, 0.05) is 23.0 Å². The zero-order chi connectivity index (χ0) is 11.5. The molecule has 1 N–H and O–H groups in total. The number of halogens is 2. The first-order valence-electron chi connectivity index (χ1n) is 5.38. The molecule has 1 aliphatic rings. The second-order valence-corrected chi connectivity index (χ2v) is 4.52. The molecule has 94 valence electrons. The fourth-order valence-corrected chi connectivity index (χ4v) is 2.21. The van der Waals surface area contributed by atoms with Crippen LogP contribution in [0.15, 0.2) is 18.2 Å². The Labute approximate surface area is 171 Å². The Kier molecular flexibility index (Phi) is 9.70. The van der Waals surface area contributed by atoms with Crippen LogP contribution in [0.5, 0.6) is 0 Å². The summed E-state index contributed by atoms with van der Waals surface area (Å²) < 4.78 is 13.0. The van der Waals surface area contributed by atoms with Crippen LogP contribution in [0.1, 0.15) is 29.6 Å². The van der Waals surface area contributed by atoms with Gasteiger partial charge >= 0.3 is 68.9 Å². The molecule has 1 saturated heterocycles. The zero-order valence-electron chi connectivity index (χ0n) is 10.8. The predicted molar refractivity (Wildman–Crippen MR) is 67.8 cm³/mol. The topological polar surface area (TPSA) is 29.1 Å². The summed E-state index contributed by atoms with van der Waals surface area (Å²) in [4.78, 5) is 11.8. The third-order valence-corrected chi connectivity index (χ3v) is 3.00. The van der Waals surface area contributed by atoms with Crippen molar-refractivity contribution in [3.05, 3.63) is 42.0 Å². The van der Waals surface area contributed by atoms with Crippen LogP contribution in [0.4, 0.5) is 4.39 Å². The maximum atomic E-state index is 13.0. The summed E-state index contributed by atoms with van der Waals surface area (Å²) in [7, 11) is 0. The van der Waals surface area contributed by atoms with Crippen molar-refractivity contribution in [2.45, 2.75) is 25.3 Å². The van der Waals surface area contributed by atoms with E-state index in [1.807, 2.05) is 0 Å². The van der Waals surface area contributed by atoms with E-state index in [1.54, 1.807) is 0 Å². The molecule has 1 aromatic rings. The van der Waals surface area contributed by atoms with Gasteiger partial charge in [-0.3, -0.25) is 4.79 Å². The molecule has 1 heterocycles. The van der Waals surface area contributed by atoms with Crippen LogP contribution in [0.25, 0.3) is 0 Å². The first kappa shape index (κ1) is 19.1. The number of benzene rings is 1. The van der Waals surface area contributed by atoms with Crippen molar-refractivity contribution in [2.24, 2.45) is 0 Å². The van der Waals surface area contributed by atoms with E-state index < -0.39 is 5.82 Å². The minimum Gasteiger partial charge on any atom is -0.358 e. The molecule has 0 radical (unpaired) electrons. The van der Waals surface area contributed by atoms with Crippen LogP contribution in [0.3, 0.4) is 0 Å². The summed E-state index contributed by atoms with van der Waals surface area (Å²) in [6, 6.07) is 4.19. The van der Waals surface area contributed by atoms with Gasteiger partial charge in [-0.25, -0.2) is 4.39 Å². The third-order valence-electron chi connectivity index (χ3n) is 2.78. The number of Topliss-reactive ketones (excluding diaryl/α,β-unsaturated/α-hetero) is 1. The molecule has 2 nitrogen and oxygen atoms in total. The molecule has 0 amide bonds. The van der Waals surface area contributed by atoms with Crippen LogP contribution >= 0.6 is 11.6 Å². The fourth-order valence-electron chi connectivity index (χ4n) is 1.99. The fraction of sp³-hybridized carbons (Fsp3) is 0.385. The van der Waals surface area contributed by atoms with E-state index in [1.165, 1.54) is 18.2 Å². The van der Waals surface area contributed by atoms with Crippen LogP contribution in [-0.4, -0.2) is 18.4 Å². The quantitative estimate of drug-likeness (QED) is 0.594. The van der Waals surface area contributed by atoms with E-state index >= 15 is 0 Å². The first-order chi connectivity index (χ1) is 7.65. The van der Waals surface area contributed by atoms with Gasteiger partial charge in [-0.1, -0.05) is 11.6 Å². The minimum absolute atomic E-state index is 0. The molecular weight excluding hydrogens is 374 g/mol. The van der Waals surface area contributed by atoms with E-state index in [0.29, 0.717) is 12.0 Å². The molecule has 1 unspecified atom stereocenters. The summed E-state index contributed by atoms with van der Waals surface area (Å²) >= 11 is 5.70. The maximum Gasteiger partial charge on any atom is 1.00 e. The Balaban J connectivity index is 0.00000144.